The molecule has 0 saturated carbocycles. The average Bonchev–Trinajstić information content (AvgIpc) is 2.16. The molecule has 0 aliphatic carbocycles. The fourth-order valence-corrected chi connectivity index (χ4v) is 1.11. The Morgan fingerprint density at radius 3 is 2.57 bits per heavy atom. The number of nitrogens with zero attached hydrogens (tertiary/aromatic N) is 1. The molecule has 0 aliphatic heterocycles. The lowest BCUT2D eigenvalue weighted by molar-refractivity contribution is 0.203. The van der Waals surface area contributed by atoms with Gasteiger partial charge in [-0.05, 0) is 11.6 Å². The van der Waals surface area contributed by atoms with Gasteiger partial charge in [-0.15, -0.1) is 12.4 Å². The van der Waals surface area contributed by atoms with E-state index in [9.17, 15) is 4.79 Å². The molecular formula is C9H13ClN2O2. The minimum atomic E-state index is -0.985. The summed E-state index contributed by atoms with van der Waals surface area (Å²) < 4.78 is 0. The van der Waals surface area contributed by atoms with Crippen LogP contribution >= 0.6 is 12.4 Å². The highest BCUT2D eigenvalue weighted by Crippen LogP contribution is 2.18. The molecule has 78 valence electrons. The first-order valence-electron chi connectivity index (χ1n) is 3.91. The van der Waals surface area contributed by atoms with E-state index in [1.807, 2.05) is 12.1 Å². The molecule has 0 bridgehead atoms. The first-order valence-corrected chi connectivity index (χ1v) is 3.91. The maximum Gasteiger partial charge on any atom is 0.411 e. The SMILES string of the molecule is CN(C(=O)O)c1ccccc1CN.Cl. The van der Waals surface area contributed by atoms with E-state index in [1.54, 1.807) is 12.1 Å². The Morgan fingerprint density at radius 1 is 1.50 bits per heavy atom. The quantitative estimate of drug-likeness (QED) is 0.791. The van der Waals surface area contributed by atoms with E-state index in [4.69, 9.17) is 10.8 Å². The van der Waals surface area contributed by atoms with Crippen LogP contribution in [0.2, 0.25) is 0 Å². The van der Waals surface area contributed by atoms with Crippen LogP contribution in [0.5, 0.6) is 0 Å². The second-order valence-electron chi connectivity index (χ2n) is 2.67. The number of hydrogen-bond acceptors (Lipinski definition) is 2. The second-order valence-corrected chi connectivity index (χ2v) is 2.67. The summed E-state index contributed by atoms with van der Waals surface area (Å²) in [5, 5.41) is 8.74. The van der Waals surface area contributed by atoms with Gasteiger partial charge in [0.15, 0.2) is 0 Å². The van der Waals surface area contributed by atoms with Crippen LogP contribution in [0.1, 0.15) is 5.56 Å². The summed E-state index contributed by atoms with van der Waals surface area (Å²) in [6, 6.07) is 7.17. The highest BCUT2D eigenvalue weighted by molar-refractivity contribution is 5.86. The Morgan fingerprint density at radius 2 is 2.07 bits per heavy atom. The van der Waals surface area contributed by atoms with E-state index in [0.29, 0.717) is 12.2 Å². The molecule has 1 amide bonds. The summed E-state index contributed by atoms with van der Waals surface area (Å²) >= 11 is 0. The van der Waals surface area contributed by atoms with Gasteiger partial charge in [-0.1, -0.05) is 18.2 Å². The number of para-hydroxylation sites is 1. The van der Waals surface area contributed by atoms with Gasteiger partial charge in [0.1, 0.15) is 0 Å². The number of anilines is 1. The molecule has 0 heterocycles. The molecular weight excluding hydrogens is 204 g/mol. The maximum absolute atomic E-state index is 10.7. The van der Waals surface area contributed by atoms with Crippen molar-refractivity contribution in [1.82, 2.24) is 0 Å². The van der Waals surface area contributed by atoms with Crippen molar-refractivity contribution < 1.29 is 9.90 Å². The normalized spacial score (nSPS) is 9.00. The third-order valence-corrected chi connectivity index (χ3v) is 1.86. The number of rotatable bonds is 2. The molecule has 4 nitrogen and oxygen atoms in total. The second kappa shape index (κ2) is 5.47. The van der Waals surface area contributed by atoms with Gasteiger partial charge in [-0.3, -0.25) is 4.90 Å². The topological polar surface area (TPSA) is 66.6 Å². The standard InChI is InChI=1S/C9H12N2O2.ClH/c1-11(9(12)13)8-5-3-2-4-7(8)6-10;/h2-5H,6,10H2,1H3,(H,12,13);1H. The van der Waals surface area contributed by atoms with Crippen LogP contribution in [0.4, 0.5) is 10.5 Å². The Bertz CT molecular complexity index is 317. The van der Waals surface area contributed by atoms with Crippen LogP contribution in [0.3, 0.4) is 0 Å². The molecule has 1 aromatic carbocycles. The Kier molecular flexibility index (Phi) is 4.97. The summed E-state index contributed by atoms with van der Waals surface area (Å²) in [6.07, 6.45) is -0.985. The van der Waals surface area contributed by atoms with Crippen molar-refractivity contribution in [1.29, 1.82) is 0 Å². The van der Waals surface area contributed by atoms with Gasteiger partial charge in [0.05, 0.1) is 5.69 Å². The van der Waals surface area contributed by atoms with E-state index < -0.39 is 6.09 Å². The van der Waals surface area contributed by atoms with Crippen molar-refractivity contribution in [3.8, 4) is 0 Å². The van der Waals surface area contributed by atoms with Gasteiger partial charge in [0.2, 0.25) is 0 Å². The molecule has 5 heteroatoms. The summed E-state index contributed by atoms with van der Waals surface area (Å²) in [5.41, 5.74) is 6.93. The van der Waals surface area contributed by atoms with E-state index >= 15 is 0 Å². The van der Waals surface area contributed by atoms with Crippen molar-refractivity contribution in [3.05, 3.63) is 29.8 Å². The van der Waals surface area contributed by atoms with Crippen LogP contribution in [-0.4, -0.2) is 18.2 Å². The van der Waals surface area contributed by atoms with Gasteiger partial charge in [0.25, 0.3) is 0 Å². The smallest absolute Gasteiger partial charge is 0.411 e. The van der Waals surface area contributed by atoms with Crippen molar-refractivity contribution in [2.24, 2.45) is 5.73 Å². The summed E-state index contributed by atoms with van der Waals surface area (Å²) in [7, 11) is 1.50. The van der Waals surface area contributed by atoms with Crippen LogP contribution in [0.25, 0.3) is 0 Å². The molecule has 0 aliphatic rings. The Hall–Kier alpha value is -1.26. The van der Waals surface area contributed by atoms with E-state index in [2.05, 4.69) is 0 Å². The van der Waals surface area contributed by atoms with Gasteiger partial charge in [-0.25, -0.2) is 4.79 Å². The molecule has 0 atom stereocenters. The number of benzene rings is 1. The summed E-state index contributed by atoms with van der Waals surface area (Å²) in [4.78, 5) is 11.8. The van der Waals surface area contributed by atoms with Crippen LogP contribution in [0, 0.1) is 0 Å². The lowest BCUT2D eigenvalue weighted by Crippen LogP contribution is -2.25. The number of hydrogen-bond donors (Lipinski definition) is 2. The summed E-state index contributed by atoms with van der Waals surface area (Å²) in [5.74, 6) is 0. The third-order valence-electron chi connectivity index (χ3n) is 1.86. The van der Waals surface area contributed by atoms with Gasteiger partial charge in [0, 0.05) is 13.6 Å². The Balaban J connectivity index is 0.00000169. The van der Waals surface area contributed by atoms with Crippen LogP contribution in [0.15, 0.2) is 24.3 Å². The maximum atomic E-state index is 10.7. The number of halogens is 1. The molecule has 0 aromatic heterocycles. The first-order chi connectivity index (χ1) is 6.16. The zero-order chi connectivity index (χ0) is 9.84. The molecule has 14 heavy (non-hydrogen) atoms. The van der Waals surface area contributed by atoms with E-state index in [-0.39, 0.29) is 12.4 Å². The van der Waals surface area contributed by atoms with Gasteiger partial charge in [-0.2, -0.15) is 0 Å². The van der Waals surface area contributed by atoms with E-state index in [0.717, 1.165) is 10.5 Å². The van der Waals surface area contributed by atoms with Crippen molar-refractivity contribution >= 4 is 24.2 Å². The number of carboxylic acid groups (broad SMARTS) is 1. The Labute approximate surface area is 88.7 Å². The lowest BCUT2D eigenvalue weighted by atomic mass is 10.1. The first kappa shape index (κ1) is 12.7. The van der Waals surface area contributed by atoms with Gasteiger partial charge >= 0.3 is 6.09 Å². The number of nitrogens with two attached hydrogens (primary N) is 1. The molecule has 0 saturated heterocycles. The zero-order valence-corrected chi connectivity index (χ0v) is 8.62. The van der Waals surface area contributed by atoms with Crippen molar-refractivity contribution in [2.75, 3.05) is 11.9 Å². The van der Waals surface area contributed by atoms with E-state index in [1.165, 1.54) is 7.05 Å². The van der Waals surface area contributed by atoms with Crippen molar-refractivity contribution in [2.45, 2.75) is 6.54 Å². The zero-order valence-electron chi connectivity index (χ0n) is 7.80. The molecule has 0 unspecified atom stereocenters. The molecule has 3 N–H and O–H groups in total. The van der Waals surface area contributed by atoms with Crippen molar-refractivity contribution in [3.63, 3.8) is 0 Å². The highest BCUT2D eigenvalue weighted by Gasteiger charge is 2.10. The predicted octanol–water partition coefficient (Wildman–Crippen LogP) is 1.68. The van der Waals surface area contributed by atoms with Gasteiger partial charge < -0.3 is 10.8 Å². The molecule has 0 spiro atoms. The fourth-order valence-electron chi connectivity index (χ4n) is 1.11. The minimum Gasteiger partial charge on any atom is -0.465 e. The lowest BCUT2D eigenvalue weighted by Gasteiger charge is -2.16. The molecule has 0 fully saturated rings. The molecule has 1 rings (SSSR count). The molecule has 1 aromatic rings. The largest absolute Gasteiger partial charge is 0.465 e. The number of carbonyl (C=O) groups is 1. The third kappa shape index (κ3) is 2.61. The fraction of sp³-hybridized carbons (Fsp3) is 0.222. The minimum absolute atomic E-state index is 0. The van der Waals surface area contributed by atoms with Crippen LogP contribution < -0.4 is 10.6 Å². The number of amides is 1. The van der Waals surface area contributed by atoms with Crippen LogP contribution in [-0.2, 0) is 6.54 Å². The average molecular weight is 217 g/mol. The summed E-state index contributed by atoms with van der Waals surface area (Å²) in [6.45, 7) is 0.341. The highest BCUT2D eigenvalue weighted by atomic mass is 35.5. The predicted molar refractivity (Wildman–Crippen MR) is 58.0 cm³/mol. The molecule has 0 radical (unpaired) electrons. The monoisotopic (exact) mass is 216 g/mol.